The molecule has 0 fully saturated rings. The summed E-state index contributed by atoms with van der Waals surface area (Å²) in [5, 5.41) is 13.9. The largest absolute Gasteiger partial charge is 0.390 e. The second-order valence-electron chi connectivity index (χ2n) is 4.78. The van der Waals surface area contributed by atoms with Gasteiger partial charge in [0.25, 0.3) is 0 Å². The Morgan fingerprint density at radius 2 is 1.70 bits per heavy atom. The number of nitrogens with two attached hydrogens (primary N) is 1. The molecule has 3 nitrogen and oxygen atoms in total. The molecule has 0 aromatic heterocycles. The monoisotopic (exact) mass is 290 g/mol. The van der Waals surface area contributed by atoms with Crippen LogP contribution in [0.15, 0.2) is 54.6 Å². The molecule has 0 heterocycles. The summed E-state index contributed by atoms with van der Waals surface area (Å²) in [4.78, 5) is 0. The molecule has 0 unspecified atom stereocenters. The average Bonchev–Trinajstić information content (AvgIpc) is 2.47. The van der Waals surface area contributed by atoms with Crippen LogP contribution in [0.25, 0.3) is 0 Å². The Bertz CT molecular complexity index is 533. The first-order valence-electron chi connectivity index (χ1n) is 6.63. The van der Waals surface area contributed by atoms with Crippen LogP contribution in [-0.2, 0) is 6.42 Å². The zero-order valence-electron chi connectivity index (χ0n) is 11.2. The minimum absolute atomic E-state index is 0.313. The molecule has 2 atom stereocenters. The molecule has 2 rings (SSSR count). The van der Waals surface area contributed by atoms with Gasteiger partial charge in [0.1, 0.15) is 0 Å². The van der Waals surface area contributed by atoms with Crippen molar-refractivity contribution in [3.8, 4) is 0 Å². The summed E-state index contributed by atoms with van der Waals surface area (Å²) in [6.45, 7) is 0.373. The number of rotatable bonds is 6. The molecule has 2 aromatic rings. The van der Waals surface area contributed by atoms with Crippen molar-refractivity contribution in [3.05, 3.63) is 65.2 Å². The highest BCUT2D eigenvalue weighted by atomic mass is 35.5. The molecule has 2 aromatic carbocycles. The van der Waals surface area contributed by atoms with E-state index in [1.165, 1.54) is 0 Å². The zero-order valence-corrected chi connectivity index (χ0v) is 11.9. The predicted molar refractivity (Wildman–Crippen MR) is 84.1 cm³/mol. The van der Waals surface area contributed by atoms with Crippen molar-refractivity contribution in [1.29, 1.82) is 0 Å². The van der Waals surface area contributed by atoms with E-state index in [0.29, 0.717) is 18.0 Å². The van der Waals surface area contributed by atoms with Crippen LogP contribution < -0.4 is 11.1 Å². The second-order valence-corrected chi connectivity index (χ2v) is 5.19. The van der Waals surface area contributed by atoms with Crippen LogP contribution in [-0.4, -0.2) is 23.8 Å². The van der Waals surface area contributed by atoms with Crippen molar-refractivity contribution in [3.63, 3.8) is 0 Å². The number of anilines is 1. The second kappa shape index (κ2) is 7.29. The number of para-hydroxylation sites is 1. The van der Waals surface area contributed by atoms with Crippen LogP contribution in [0, 0.1) is 0 Å². The summed E-state index contributed by atoms with van der Waals surface area (Å²) in [6, 6.07) is 17.0. The number of aliphatic hydroxyl groups is 1. The Morgan fingerprint density at radius 1 is 1.05 bits per heavy atom. The Morgan fingerprint density at radius 3 is 2.40 bits per heavy atom. The molecule has 4 heteroatoms. The number of hydrogen-bond acceptors (Lipinski definition) is 3. The molecule has 0 amide bonds. The fourth-order valence-electron chi connectivity index (χ4n) is 1.99. The average molecular weight is 291 g/mol. The highest BCUT2D eigenvalue weighted by Crippen LogP contribution is 2.20. The molecule has 4 N–H and O–H groups in total. The van der Waals surface area contributed by atoms with E-state index in [1.54, 1.807) is 6.07 Å². The summed E-state index contributed by atoms with van der Waals surface area (Å²) < 4.78 is 0. The van der Waals surface area contributed by atoms with E-state index >= 15 is 0 Å². The molecule has 20 heavy (non-hydrogen) atoms. The first-order valence-corrected chi connectivity index (χ1v) is 7.00. The summed E-state index contributed by atoms with van der Waals surface area (Å²) in [5.41, 5.74) is 7.96. The van der Waals surface area contributed by atoms with Crippen molar-refractivity contribution < 1.29 is 5.11 Å². The Kier molecular flexibility index (Phi) is 5.41. The molecule has 0 spiro atoms. The summed E-state index contributed by atoms with van der Waals surface area (Å²) >= 11 is 6.04. The van der Waals surface area contributed by atoms with Crippen LogP contribution in [0.4, 0.5) is 5.69 Å². The Hall–Kier alpha value is -1.55. The molecule has 0 aliphatic heterocycles. The molecule has 0 saturated carbocycles. The highest BCUT2D eigenvalue weighted by molar-refractivity contribution is 6.33. The fraction of sp³-hybridized carbons (Fsp3) is 0.250. The van der Waals surface area contributed by atoms with Gasteiger partial charge in [0.2, 0.25) is 0 Å². The third kappa shape index (κ3) is 4.23. The van der Waals surface area contributed by atoms with Gasteiger partial charge in [-0.3, -0.25) is 0 Å². The van der Waals surface area contributed by atoms with Crippen molar-refractivity contribution >= 4 is 17.3 Å². The summed E-state index contributed by atoms with van der Waals surface area (Å²) in [6.07, 6.45) is 0.0122. The molecule has 0 aliphatic rings. The standard InChI is InChI=1S/C16H19ClN2O/c17-13-8-4-5-9-15(13)19-11-16(20)14(18)10-12-6-2-1-3-7-12/h1-9,14,16,19-20H,10-11,18H2/t14-,16+/m0/s1. The summed E-state index contributed by atoms with van der Waals surface area (Å²) in [5.74, 6) is 0. The lowest BCUT2D eigenvalue weighted by molar-refractivity contribution is 0.156. The third-order valence-corrected chi connectivity index (χ3v) is 3.51. The number of halogens is 1. The maximum atomic E-state index is 10.1. The molecular weight excluding hydrogens is 272 g/mol. The predicted octanol–water partition coefficient (Wildman–Crippen LogP) is 2.68. The lowest BCUT2D eigenvalue weighted by atomic mass is 10.0. The maximum absolute atomic E-state index is 10.1. The first kappa shape index (κ1) is 14.9. The van der Waals surface area contributed by atoms with Crippen LogP contribution in [0.2, 0.25) is 5.02 Å². The van der Waals surface area contributed by atoms with E-state index in [0.717, 1.165) is 11.3 Å². The van der Waals surface area contributed by atoms with Crippen LogP contribution >= 0.6 is 11.6 Å². The Labute approximate surface area is 124 Å². The van der Waals surface area contributed by atoms with Gasteiger partial charge < -0.3 is 16.2 Å². The van der Waals surface area contributed by atoms with Crippen molar-refractivity contribution in [2.45, 2.75) is 18.6 Å². The van der Waals surface area contributed by atoms with Gasteiger partial charge in [-0.25, -0.2) is 0 Å². The van der Waals surface area contributed by atoms with Crippen molar-refractivity contribution in [1.82, 2.24) is 0 Å². The van der Waals surface area contributed by atoms with Gasteiger partial charge >= 0.3 is 0 Å². The lowest BCUT2D eigenvalue weighted by Crippen LogP contribution is -2.41. The van der Waals surface area contributed by atoms with Gasteiger partial charge in [-0.2, -0.15) is 0 Å². The van der Waals surface area contributed by atoms with Gasteiger partial charge in [-0.15, -0.1) is 0 Å². The van der Waals surface area contributed by atoms with Gasteiger partial charge in [0.05, 0.1) is 16.8 Å². The topological polar surface area (TPSA) is 58.3 Å². The van der Waals surface area contributed by atoms with Gasteiger partial charge in [0.15, 0.2) is 0 Å². The molecule has 0 bridgehead atoms. The lowest BCUT2D eigenvalue weighted by Gasteiger charge is -2.20. The quantitative estimate of drug-likeness (QED) is 0.767. The number of hydrogen-bond donors (Lipinski definition) is 3. The number of benzene rings is 2. The zero-order chi connectivity index (χ0) is 14.4. The summed E-state index contributed by atoms with van der Waals surface area (Å²) in [7, 11) is 0. The van der Waals surface area contributed by atoms with E-state index in [1.807, 2.05) is 48.5 Å². The van der Waals surface area contributed by atoms with E-state index in [-0.39, 0.29) is 6.04 Å². The van der Waals surface area contributed by atoms with E-state index < -0.39 is 6.10 Å². The maximum Gasteiger partial charge on any atom is 0.0866 e. The molecule has 0 radical (unpaired) electrons. The minimum atomic E-state index is -0.633. The smallest absolute Gasteiger partial charge is 0.0866 e. The number of aliphatic hydroxyl groups excluding tert-OH is 1. The molecular formula is C16H19ClN2O. The number of nitrogens with one attached hydrogen (secondary N) is 1. The first-order chi connectivity index (χ1) is 9.66. The third-order valence-electron chi connectivity index (χ3n) is 3.18. The van der Waals surface area contributed by atoms with Gasteiger partial charge in [-0.05, 0) is 24.1 Å². The normalized spacial score (nSPS) is 13.8. The highest BCUT2D eigenvalue weighted by Gasteiger charge is 2.15. The fourth-order valence-corrected chi connectivity index (χ4v) is 2.20. The van der Waals surface area contributed by atoms with Crippen molar-refractivity contribution in [2.24, 2.45) is 5.73 Å². The van der Waals surface area contributed by atoms with Crippen LogP contribution in [0.3, 0.4) is 0 Å². The van der Waals surface area contributed by atoms with Crippen LogP contribution in [0.5, 0.6) is 0 Å². The van der Waals surface area contributed by atoms with E-state index in [4.69, 9.17) is 17.3 Å². The van der Waals surface area contributed by atoms with Gasteiger partial charge in [-0.1, -0.05) is 54.1 Å². The molecule has 0 aliphatic carbocycles. The SMILES string of the molecule is N[C@@H](Cc1ccccc1)[C@H](O)CNc1ccccc1Cl. The van der Waals surface area contributed by atoms with Crippen LogP contribution in [0.1, 0.15) is 5.56 Å². The van der Waals surface area contributed by atoms with Crippen molar-refractivity contribution in [2.75, 3.05) is 11.9 Å². The van der Waals surface area contributed by atoms with E-state index in [2.05, 4.69) is 5.32 Å². The molecule has 106 valence electrons. The van der Waals surface area contributed by atoms with E-state index in [9.17, 15) is 5.11 Å². The minimum Gasteiger partial charge on any atom is -0.390 e. The van der Waals surface area contributed by atoms with Gasteiger partial charge in [0, 0.05) is 12.6 Å². The Balaban J connectivity index is 1.85. The molecule has 0 saturated heterocycles.